The van der Waals surface area contributed by atoms with Crippen molar-refractivity contribution < 1.29 is 9.59 Å². The fourth-order valence-electron chi connectivity index (χ4n) is 3.95. The van der Waals surface area contributed by atoms with Gasteiger partial charge < -0.3 is 15.6 Å². The van der Waals surface area contributed by atoms with Crippen molar-refractivity contribution in [1.29, 1.82) is 0 Å². The van der Waals surface area contributed by atoms with Gasteiger partial charge >= 0.3 is 0 Å². The van der Waals surface area contributed by atoms with Crippen molar-refractivity contribution in [1.82, 2.24) is 9.97 Å². The number of aromatic amines is 1. The second kappa shape index (κ2) is 7.78. The number of para-hydroxylation sites is 1. The number of benzene rings is 1. The van der Waals surface area contributed by atoms with Crippen LogP contribution >= 0.6 is 0 Å². The van der Waals surface area contributed by atoms with E-state index >= 15 is 0 Å². The highest BCUT2D eigenvalue weighted by Gasteiger charge is 2.35. The van der Waals surface area contributed by atoms with E-state index in [4.69, 9.17) is 0 Å². The van der Waals surface area contributed by atoms with E-state index in [1.807, 2.05) is 42.5 Å². The Bertz CT molecular complexity index is 1100. The minimum Gasteiger partial charge on any atom is -0.356 e. The lowest BCUT2D eigenvalue weighted by Gasteiger charge is -2.28. The first-order valence-electron chi connectivity index (χ1n) is 10.2. The summed E-state index contributed by atoms with van der Waals surface area (Å²) in [7, 11) is 0. The van der Waals surface area contributed by atoms with Gasteiger partial charge in [0.15, 0.2) is 5.78 Å². The van der Waals surface area contributed by atoms with Gasteiger partial charge in [-0.1, -0.05) is 39.0 Å². The van der Waals surface area contributed by atoms with Gasteiger partial charge in [-0.3, -0.25) is 9.59 Å². The van der Waals surface area contributed by atoms with Crippen LogP contribution < -0.4 is 10.6 Å². The average Bonchev–Trinajstić information content (AvgIpc) is 3.06. The molecule has 154 valence electrons. The summed E-state index contributed by atoms with van der Waals surface area (Å²) in [4.78, 5) is 32.6. The number of rotatable bonds is 5. The van der Waals surface area contributed by atoms with Crippen molar-refractivity contribution in [3.63, 3.8) is 0 Å². The fourth-order valence-corrected chi connectivity index (χ4v) is 3.95. The maximum absolute atomic E-state index is 13.1. The number of hydrogen-bond acceptors (Lipinski definition) is 4. The van der Waals surface area contributed by atoms with Gasteiger partial charge in [-0.2, -0.15) is 0 Å². The molecule has 2 aromatic heterocycles. The maximum Gasteiger partial charge on any atom is 0.225 e. The summed E-state index contributed by atoms with van der Waals surface area (Å²) in [5.74, 6) is 0.532. The van der Waals surface area contributed by atoms with Crippen LogP contribution in [0.3, 0.4) is 0 Å². The molecule has 0 fully saturated rings. The van der Waals surface area contributed by atoms with Crippen LogP contribution in [0, 0.1) is 5.41 Å². The monoisotopic (exact) mass is 402 g/mol. The molecule has 1 amide bonds. The Morgan fingerprint density at radius 1 is 1.17 bits per heavy atom. The van der Waals surface area contributed by atoms with Crippen LogP contribution in [0.2, 0.25) is 0 Å². The van der Waals surface area contributed by atoms with E-state index in [2.05, 4.69) is 34.4 Å². The molecule has 1 aliphatic carbocycles. The molecule has 0 atom stereocenters. The number of nitrogens with one attached hydrogen (secondary N) is 3. The SMILES string of the molecule is CCC(=O)Nc1cc(-c2[nH]c3c(c2Nc2ccccc2)C(=O)CC(C)(C)C3)ccn1. The average molecular weight is 402 g/mol. The third-order valence-electron chi connectivity index (χ3n) is 5.33. The van der Waals surface area contributed by atoms with Crippen molar-refractivity contribution in [2.75, 3.05) is 10.6 Å². The van der Waals surface area contributed by atoms with Crippen LogP contribution in [0.4, 0.5) is 17.2 Å². The predicted molar refractivity (Wildman–Crippen MR) is 119 cm³/mol. The lowest BCUT2D eigenvalue weighted by molar-refractivity contribution is -0.115. The number of anilines is 3. The van der Waals surface area contributed by atoms with Gasteiger partial charge in [0.1, 0.15) is 5.82 Å². The Kier molecular flexibility index (Phi) is 5.16. The van der Waals surface area contributed by atoms with Crippen molar-refractivity contribution >= 4 is 28.9 Å². The van der Waals surface area contributed by atoms with Crippen molar-refractivity contribution in [2.24, 2.45) is 5.41 Å². The van der Waals surface area contributed by atoms with Gasteiger partial charge in [-0.05, 0) is 36.1 Å². The highest BCUT2D eigenvalue weighted by molar-refractivity contribution is 6.07. The summed E-state index contributed by atoms with van der Waals surface area (Å²) in [6, 6.07) is 13.5. The van der Waals surface area contributed by atoms with E-state index in [1.54, 1.807) is 13.1 Å². The quantitative estimate of drug-likeness (QED) is 0.539. The summed E-state index contributed by atoms with van der Waals surface area (Å²) in [6.07, 6.45) is 3.35. The first kappa shape index (κ1) is 19.9. The minimum atomic E-state index is -0.0926. The Hall–Kier alpha value is -3.41. The number of carbonyl (C=O) groups excluding carboxylic acids is 2. The summed E-state index contributed by atoms with van der Waals surface area (Å²) in [6.45, 7) is 6.03. The number of H-pyrrole nitrogens is 1. The molecule has 0 aliphatic heterocycles. The zero-order valence-corrected chi connectivity index (χ0v) is 17.5. The molecule has 0 saturated heterocycles. The van der Waals surface area contributed by atoms with E-state index in [9.17, 15) is 9.59 Å². The standard InChI is InChI=1S/C24H26N4O2/c1-4-20(30)28-19-12-15(10-11-25-19)22-23(26-16-8-6-5-7-9-16)21-17(27-22)13-24(2,3)14-18(21)29/h5-12,26-27H,4,13-14H2,1-3H3,(H,25,28,30). The Labute approximate surface area is 176 Å². The largest absolute Gasteiger partial charge is 0.356 e. The number of fused-ring (bicyclic) bond motifs is 1. The minimum absolute atomic E-state index is 0.0886. The normalized spacial score (nSPS) is 14.8. The van der Waals surface area contributed by atoms with Crippen molar-refractivity contribution in [3.8, 4) is 11.3 Å². The third kappa shape index (κ3) is 3.99. The second-order valence-corrected chi connectivity index (χ2v) is 8.49. The van der Waals surface area contributed by atoms with E-state index in [0.29, 0.717) is 18.7 Å². The predicted octanol–water partition coefficient (Wildman–Crippen LogP) is 5.32. The summed E-state index contributed by atoms with van der Waals surface area (Å²) >= 11 is 0. The van der Waals surface area contributed by atoms with Gasteiger partial charge in [0.25, 0.3) is 0 Å². The van der Waals surface area contributed by atoms with Gasteiger partial charge in [-0.25, -0.2) is 4.98 Å². The lowest BCUT2D eigenvalue weighted by Crippen LogP contribution is -2.26. The van der Waals surface area contributed by atoms with Gasteiger partial charge in [0, 0.05) is 36.0 Å². The molecule has 0 radical (unpaired) electrons. The molecule has 2 heterocycles. The first-order chi connectivity index (χ1) is 14.4. The maximum atomic E-state index is 13.1. The van der Waals surface area contributed by atoms with E-state index in [1.165, 1.54) is 0 Å². The Morgan fingerprint density at radius 3 is 2.67 bits per heavy atom. The zero-order valence-electron chi connectivity index (χ0n) is 17.5. The Balaban J connectivity index is 1.82. The molecule has 0 unspecified atom stereocenters. The summed E-state index contributed by atoms with van der Waals surface area (Å²) < 4.78 is 0. The highest BCUT2D eigenvalue weighted by Crippen LogP contribution is 2.43. The number of ketones is 1. The Morgan fingerprint density at radius 2 is 1.93 bits per heavy atom. The summed E-state index contributed by atoms with van der Waals surface area (Å²) in [5, 5.41) is 6.25. The van der Waals surface area contributed by atoms with E-state index in [0.717, 1.165) is 40.3 Å². The molecule has 0 bridgehead atoms. The van der Waals surface area contributed by atoms with Gasteiger partial charge in [0.2, 0.25) is 5.91 Å². The van der Waals surface area contributed by atoms with Crippen LogP contribution in [-0.2, 0) is 11.2 Å². The molecule has 6 nitrogen and oxygen atoms in total. The van der Waals surface area contributed by atoms with Crippen LogP contribution in [0.1, 0.15) is 49.7 Å². The van der Waals surface area contributed by atoms with Crippen molar-refractivity contribution in [2.45, 2.75) is 40.0 Å². The number of Topliss-reactive ketones (excluding diaryl/α,β-unsaturated/α-hetero) is 1. The molecule has 4 rings (SSSR count). The number of hydrogen-bond donors (Lipinski definition) is 3. The smallest absolute Gasteiger partial charge is 0.225 e. The topological polar surface area (TPSA) is 86.9 Å². The second-order valence-electron chi connectivity index (χ2n) is 8.49. The molecular formula is C24H26N4O2. The van der Waals surface area contributed by atoms with Gasteiger partial charge in [0.05, 0.1) is 16.9 Å². The number of nitrogens with zero attached hydrogens (tertiary/aromatic N) is 1. The molecule has 6 heteroatoms. The number of aromatic nitrogens is 2. The lowest BCUT2D eigenvalue weighted by atomic mass is 9.76. The number of pyridine rings is 1. The number of carbonyl (C=O) groups is 2. The number of amides is 1. The molecule has 0 spiro atoms. The van der Waals surface area contributed by atoms with Gasteiger partial charge in [-0.15, -0.1) is 0 Å². The molecule has 1 aliphatic rings. The molecule has 3 N–H and O–H groups in total. The zero-order chi connectivity index (χ0) is 21.3. The fraction of sp³-hybridized carbons (Fsp3) is 0.292. The highest BCUT2D eigenvalue weighted by atomic mass is 16.1. The van der Waals surface area contributed by atoms with Crippen molar-refractivity contribution in [3.05, 3.63) is 59.9 Å². The van der Waals surface area contributed by atoms with Crippen LogP contribution in [0.25, 0.3) is 11.3 Å². The molecular weight excluding hydrogens is 376 g/mol. The van der Waals surface area contributed by atoms with Crippen LogP contribution in [0.15, 0.2) is 48.7 Å². The van der Waals surface area contributed by atoms with Crippen LogP contribution in [-0.4, -0.2) is 21.7 Å². The van der Waals surface area contributed by atoms with Crippen LogP contribution in [0.5, 0.6) is 0 Å². The molecule has 30 heavy (non-hydrogen) atoms. The first-order valence-corrected chi connectivity index (χ1v) is 10.2. The molecule has 0 saturated carbocycles. The van der Waals surface area contributed by atoms with E-state index < -0.39 is 0 Å². The van der Waals surface area contributed by atoms with E-state index in [-0.39, 0.29) is 17.1 Å². The molecule has 3 aromatic rings. The summed E-state index contributed by atoms with van der Waals surface area (Å²) in [5.41, 5.74) is 4.95. The molecule has 1 aromatic carbocycles. The third-order valence-corrected chi connectivity index (χ3v) is 5.33.